The predicted octanol–water partition coefficient (Wildman–Crippen LogP) is 1.43. The summed E-state index contributed by atoms with van der Waals surface area (Å²) in [6.07, 6.45) is 0. The molecule has 0 spiro atoms. The van der Waals surface area contributed by atoms with Gasteiger partial charge < -0.3 is 10.3 Å². The number of nitrogens with zero attached hydrogens (tertiary/aromatic N) is 1. The summed E-state index contributed by atoms with van der Waals surface area (Å²) in [6.45, 7) is 0.398. The van der Waals surface area contributed by atoms with Crippen molar-refractivity contribution in [3.63, 3.8) is 0 Å². The second kappa shape index (κ2) is 5.05. The highest BCUT2D eigenvalue weighted by molar-refractivity contribution is 5.54. The van der Waals surface area contributed by atoms with Gasteiger partial charge in [-0.3, -0.25) is 4.79 Å². The number of benzene rings is 1. The Kier molecular flexibility index (Phi) is 3.47. The van der Waals surface area contributed by atoms with E-state index in [0.717, 1.165) is 18.2 Å². The second-order valence-electron chi connectivity index (χ2n) is 3.77. The van der Waals surface area contributed by atoms with Gasteiger partial charge in [0.05, 0.1) is 5.69 Å². The zero-order valence-electron chi connectivity index (χ0n) is 9.63. The van der Waals surface area contributed by atoms with Crippen molar-refractivity contribution in [1.82, 2.24) is 15.3 Å². The molecule has 0 saturated carbocycles. The second-order valence-corrected chi connectivity index (χ2v) is 3.77. The number of hydrogen-bond donors (Lipinski definition) is 2. The fourth-order valence-electron chi connectivity index (χ4n) is 1.61. The molecule has 1 aromatic heterocycles. The maximum Gasteiger partial charge on any atom is 0.251 e. The van der Waals surface area contributed by atoms with Gasteiger partial charge in [-0.15, -0.1) is 0 Å². The average Bonchev–Trinajstić information content (AvgIpc) is 2.27. The molecule has 0 aliphatic carbocycles. The first-order valence-electron chi connectivity index (χ1n) is 5.30. The van der Waals surface area contributed by atoms with Crippen LogP contribution in [-0.4, -0.2) is 17.0 Å². The Morgan fingerprint density at radius 3 is 2.50 bits per heavy atom. The third-order valence-corrected chi connectivity index (χ3v) is 2.29. The summed E-state index contributed by atoms with van der Waals surface area (Å²) in [5.74, 6) is -1.29. The molecule has 2 aromatic rings. The van der Waals surface area contributed by atoms with Gasteiger partial charge in [0.2, 0.25) is 0 Å². The number of nitrogens with one attached hydrogen (secondary N) is 2. The van der Waals surface area contributed by atoms with Crippen LogP contribution >= 0.6 is 0 Å². The van der Waals surface area contributed by atoms with Crippen LogP contribution in [0.1, 0.15) is 5.69 Å². The van der Waals surface area contributed by atoms with Gasteiger partial charge in [-0.25, -0.2) is 13.8 Å². The van der Waals surface area contributed by atoms with Crippen LogP contribution in [0.3, 0.4) is 0 Å². The number of rotatable bonds is 3. The summed E-state index contributed by atoms with van der Waals surface area (Å²) in [4.78, 5) is 18.0. The Morgan fingerprint density at radius 1 is 1.22 bits per heavy atom. The van der Waals surface area contributed by atoms with Crippen molar-refractivity contribution in [3.05, 3.63) is 51.9 Å². The van der Waals surface area contributed by atoms with Gasteiger partial charge in [0.1, 0.15) is 17.5 Å². The highest BCUT2D eigenvalue weighted by atomic mass is 19.1. The summed E-state index contributed by atoms with van der Waals surface area (Å²) in [5.41, 5.74) is 0.332. The molecule has 0 fully saturated rings. The fraction of sp³-hybridized carbons (Fsp3) is 0.167. The van der Waals surface area contributed by atoms with E-state index in [1.807, 2.05) is 0 Å². The third kappa shape index (κ3) is 2.78. The molecule has 0 radical (unpaired) electrons. The lowest BCUT2D eigenvalue weighted by Gasteiger charge is -2.04. The Morgan fingerprint density at radius 2 is 1.89 bits per heavy atom. The van der Waals surface area contributed by atoms with E-state index in [9.17, 15) is 13.6 Å². The quantitative estimate of drug-likeness (QED) is 0.867. The Labute approximate surface area is 102 Å². The van der Waals surface area contributed by atoms with E-state index in [-0.39, 0.29) is 16.9 Å². The molecule has 0 unspecified atom stereocenters. The van der Waals surface area contributed by atoms with Crippen LogP contribution in [0.25, 0.3) is 11.4 Å². The first kappa shape index (κ1) is 12.4. The SMILES string of the molecule is CNCc1cc(=O)[nH]c(-c2cc(F)cc(F)c2)n1. The maximum atomic E-state index is 13.1. The zero-order valence-corrected chi connectivity index (χ0v) is 9.63. The smallest absolute Gasteiger partial charge is 0.251 e. The van der Waals surface area contributed by atoms with Gasteiger partial charge in [-0.1, -0.05) is 0 Å². The fourth-order valence-corrected chi connectivity index (χ4v) is 1.61. The molecule has 4 nitrogen and oxygen atoms in total. The van der Waals surface area contributed by atoms with E-state index in [4.69, 9.17) is 0 Å². The van der Waals surface area contributed by atoms with Crippen LogP contribution in [0.5, 0.6) is 0 Å². The number of halogens is 2. The Bertz CT molecular complexity index is 605. The molecular weight excluding hydrogens is 240 g/mol. The third-order valence-electron chi connectivity index (χ3n) is 2.29. The molecule has 94 valence electrons. The summed E-state index contributed by atoms with van der Waals surface area (Å²) in [7, 11) is 1.71. The van der Waals surface area contributed by atoms with Crippen molar-refractivity contribution in [2.45, 2.75) is 6.54 Å². The van der Waals surface area contributed by atoms with Crippen molar-refractivity contribution in [2.24, 2.45) is 0 Å². The van der Waals surface area contributed by atoms with Crippen molar-refractivity contribution < 1.29 is 8.78 Å². The van der Waals surface area contributed by atoms with E-state index in [0.29, 0.717) is 12.2 Å². The summed E-state index contributed by atoms with van der Waals surface area (Å²) < 4.78 is 26.2. The number of aromatic amines is 1. The zero-order chi connectivity index (χ0) is 13.1. The van der Waals surface area contributed by atoms with Crippen molar-refractivity contribution in [3.8, 4) is 11.4 Å². The molecule has 2 rings (SSSR count). The van der Waals surface area contributed by atoms with Crippen LogP contribution in [0.2, 0.25) is 0 Å². The molecule has 18 heavy (non-hydrogen) atoms. The summed E-state index contributed by atoms with van der Waals surface area (Å²) in [6, 6.07) is 4.32. The van der Waals surface area contributed by atoms with E-state index in [1.54, 1.807) is 7.05 Å². The monoisotopic (exact) mass is 251 g/mol. The van der Waals surface area contributed by atoms with Crippen LogP contribution < -0.4 is 10.9 Å². The lowest BCUT2D eigenvalue weighted by Crippen LogP contribution is -2.14. The lowest BCUT2D eigenvalue weighted by atomic mass is 10.2. The van der Waals surface area contributed by atoms with Crippen molar-refractivity contribution >= 4 is 0 Å². The van der Waals surface area contributed by atoms with Crippen LogP contribution in [0.15, 0.2) is 29.1 Å². The number of aromatic nitrogens is 2. The molecule has 0 saturated heterocycles. The van der Waals surface area contributed by atoms with E-state index in [2.05, 4.69) is 15.3 Å². The molecule has 0 atom stereocenters. The highest BCUT2D eigenvalue weighted by Gasteiger charge is 2.07. The van der Waals surface area contributed by atoms with Crippen LogP contribution in [0.4, 0.5) is 8.78 Å². The minimum absolute atomic E-state index is 0.145. The predicted molar refractivity (Wildman–Crippen MR) is 63.0 cm³/mol. The van der Waals surface area contributed by atoms with Crippen molar-refractivity contribution in [2.75, 3.05) is 7.05 Å². The topological polar surface area (TPSA) is 57.8 Å². The molecule has 6 heteroatoms. The van der Waals surface area contributed by atoms with E-state index < -0.39 is 11.6 Å². The Balaban J connectivity index is 2.52. The van der Waals surface area contributed by atoms with Gasteiger partial charge in [0.15, 0.2) is 0 Å². The standard InChI is InChI=1S/C12H11F2N3O/c1-15-6-10-5-11(18)17-12(16-10)7-2-8(13)4-9(14)3-7/h2-5,15H,6H2,1H3,(H,16,17,18). The average molecular weight is 251 g/mol. The highest BCUT2D eigenvalue weighted by Crippen LogP contribution is 2.17. The van der Waals surface area contributed by atoms with Gasteiger partial charge >= 0.3 is 0 Å². The summed E-state index contributed by atoms with van der Waals surface area (Å²) >= 11 is 0. The number of H-pyrrole nitrogens is 1. The molecule has 0 bridgehead atoms. The first-order chi connectivity index (χ1) is 8.58. The van der Waals surface area contributed by atoms with Crippen LogP contribution in [-0.2, 0) is 6.54 Å². The van der Waals surface area contributed by atoms with E-state index in [1.165, 1.54) is 6.07 Å². The molecule has 0 aliphatic heterocycles. The van der Waals surface area contributed by atoms with E-state index >= 15 is 0 Å². The molecular formula is C12H11F2N3O. The number of hydrogen-bond acceptors (Lipinski definition) is 3. The van der Waals surface area contributed by atoms with Crippen molar-refractivity contribution in [1.29, 1.82) is 0 Å². The van der Waals surface area contributed by atoms with Gasteiger partial charge in [0, 0.05) is 24.2 Å². The molecule has 1 heterocycles. The first-order valence-corrected chi connectivity index (χ1v) is 5.30. The largest absolute Gasteiger partial charge is 0.314 e. The van der Waals surface area contributed by atoms with Gasteiger partial charge in [-0.05, 0) is 19.2 Å². The molecule has 1 aromatic carbocycles. The summed E-state index contributed by atoms with van der Waals surface area (Å²) in [5, 5.41) is 2.85. The minimum Gasteiger partial charge on any atom is -0.314 e. The lowest BCUT2D eigenvalue weighted by molar-refractivity contribution is 0.584. The van der Waals surface area contributed by atoms with Crippen LogP contribution in [0, 0.1) is 11.6 Å². The Hall–Kier alpha value is -2.08. The van der Waals surface area contributed by atoms with Gasteiger partial charge in [0.25, 0.3) is 5.56 Å². The molecule has 0 aliphatic rings. The molecule has 2 N–H and O–H groups in total. The maximum absolute atomic E-state index is 13.1. The minimum atomic E-state index is -0.716. The normalized spacial score (nSPS) is 10.6. The molecule has 0 amide bonds. The van der Waals surface area contributed by atoms with Gasteiger partial charge in [-0.2, -0.15) is 0 Å².